The summed E-state index contributed by atoms with van der Waals surface area (Å²) in [6.45, 7) is 6.21. The van der Waals surface area contributed by atoms with Crippen LogP contribution in [0.15, 0.2) is 46.3 Å². The Bertz CT molecular complexity index is 533. The summed E-state index contributed by atoms with van der Waals surface area (Å²) in [5.74, 6) is 0. The van der Waals surface area contributed by atoms with E-state index in [-0.39, 0.29) is 6.04 Å². The van der Waals surface area contributed by atoms with Gasteiger partial charge in [-0.05, 0) is 56.2 Å². The molecule has 94 valence electrons. The van der Waals surface area contributed by atoms with Gasteiger partial charge in [0.2, 0.25) is 0 Å². The first-order valence-electron chi connectivity index (χ1n) is 6.03. The third kappa shape index (κ3) is 3.12. The monoisotopic (exact) mass is 258 g/mol. The van der Waals surface area contributed by atoms with Crippen LogP contribution in [0.3, 0.4) is 0 Å². The second kappa shape index (κ2) is 5.55. The summed E-state index contributed by atoms with van der Waals surface area (Å²) < 4.78 is 0. The van der Waals surface area contributed by atoms with E-state index in [0.717, 1.165) is 10.6 Å². The first-order chi connectivity index (χ1) is 8.56. The van der Waals surface area contributed by atoms with Gasteiger partial charge in [0.25, 0.3) is 0 Å². The van der Waals surface area contributed by atoms with Gasteiger partial charge in [0, 0.05) is 22.0 Å². The van der Waals surface area contributed by atoms with E-state index in [2.05, 4.69) is 43.1 Å². The fraction of sp³-hybridized carbons (Fsp3) is 0.267. The van der Waals surface area contributed by atoms with Gasteiger partial charge >= 0.3 is 0 Å². The molecule has 0 aliphatic carbocycles. The number of aromatic nitrogens is 1. The van der Waals surface area contributed by atoms with Crippen molar-refractivity contribution in [3.05, 3.63) is 53.3 Å². The second-order valence-electron chi connectivity index (χ2n) is 4.56. The molecule has 2 nitrogen and oxygen atoms in total. The molecule has 1 unspecified atom stereocenters. The molecule has 2 rings (SSSR count). The molecule has 0 amide bonds. The molecular weight excluding hydrogens is 240 g/mol. The minimum atomic E-state index is -0.00864. The van der Waals surface area contributed by atoms with E-state index in [9.17, 15) is 0 Å². The maximum absolute atomic E-state index is 5.78. The zero-order chi connectivity index (χ0) is 13.1. The highest BCUT2D eigenvalue weighted by atomic mass is 32.2. The van der Waals surface area contributed by atoms with Crippen LogP contribution in [0.5, 0.6) is 0 Å². The largest absolute Gasteiger partial charge is 0.323 e. The van der Waals surface area contributed by atoms with Crippen molar-refractivity contribution in [3.63, 3.8) is 0 Å². The summed E-state index contributed by atoms with van der Waals surface area (Å²) in [5, 5.41) is 0. The molecule has 2 aromatic rings. The molecule has 0 aliphatic heterocycles. The van der Waals surface area contributed by atoms with Crippen LogP contribution < -0.4 is 5.73 Å². The lowest BCUT2D eigenvalue weighted by molar-refractivity contribution is 0.777. The zero-order valence-electron chi connectivity index (χ0n) is 11.0. The van der Waals surface area contributed by atoms with E-state index in [4.69, 9.17) is 5.73 Å². The Morgan fingerprint density at radius 3 is 2.33 bits per heavy atom. The third-order valence-electron chi connectivity index (χ3n) is 2.94. The van der Waals surface area contributed by atoms with Crippen LogP contribution in [0, 0.1) is 13.8 Å². The third-order valence-corrected chi connectivity index (χ3v) is 3.91. The Labute approximate surface area is 113 Å². The number of nitrogens with zero attached hydrogens (tertiary/aromatic N) is 1. The first kappa shape index (κ1) is 13.1. The Kier molecular flexibility index (Phi) is 4.04. The molecule has 0 saturated carbocycles. The molecule has 1 atom stereocenters. The topological polar surface area (TPSA) is 38.9 Å². The van der Waals surface area contributed by atoms with Gasteiger partial charge in [-0.15, -0.1) is 0 Å². The van der Waals surface area contributed by atoms with E-state index in [1.165, 1.54) is 16.0 Å². The number of benzene rings is 1. The average Bonchev–Trinajstić information content (AvgIpc) is 2.34. The number of hydrogen-bond donors (Lipinski definition) is 1. The van der Waals surface area contributed by atoms with Crippen LogP contribution in [0.2, 0.25) is 0 Å². The SMILES string of the molecule is Cc1ccc(Sc2ccc(C(C)N)nc2)cc1C. The van der Waals surface area contributed by atoms with Crippen molar-refractivity contribution in [3.8, 4) is 0 Å². The fourth-order valence-electron chi connectivity index (χ4n) is 1.63. The van der Waals surface area contributed by atoms with E-state index >= 15 is 0 Å². The molecule has 0 aliphatic rings. The number of rotatable bonds is 3. The molecule has 0 fully saturated rings. The molecule has 3 heteroatoms. The molecule has 18 heavy (non-hydrogen) atoms. The maximum atomic E-state index is 5.78. The molecule has 1 aromatic heterocycles. The molecular formula is C15H18N2S. The minimum Gasteiger partial charge on any atom is -0.323 e. The summed E-state index contributed by atoms with van der Waals surface area (Å²) in [6, 6.07) is 10.6. The van der Waals surface area contributed by atoms with E-state index in [1.54, 1.807) is 11.8 Å². The molecule has 0 bridgehead atoms. The summed E-state index contributed by atoms with van der Waals surface area (Å²) >= 11 is 1.73. The van der Waals surface area contributed by atoms with E-state index in [0.29, 0.717) is 0 Å². The Hall–Kier alpha value is -1.32. The fourth-order valence-corrected chi connectivity index (χ4v) is 2.52. The standard InChI is InChI=1S/C15H18N2S/c1-10-4-5-13(8-11(10)2)18-14-6-7-15(12(3)16)17-9-14/h4-9,12H,16H2,1-3H3. The van der Waals surface area contributed by atoms with Crippen molar-refractivity contribution in [1.29, 1.82) is 0 Å². The van der Waals surface area contributed by atoms with Gasteiger partial charge < -0.3 is 5.73 Å². The summed E-state index contributed by atoms with van der Waals surface area (Å²) in [5.41, 5.74) is 9.36. The highest BCUT2D eigenvalue weighted by Crippen LogP contribution is 2.28. The van der Waals surface area contributed by atoms with Crippen LogP contribution in [0.4, 0.5) is 0 Å². The van der Waals surface area contributed by atoms with Gasteiger partial charge in [0.05, 0.1) is 5.69 Å². The normalized spacial score (nSPS) is 12.4. The molecule has 1 heterocycles. The number of nitrogens with two attached hydrogens (primary N) is 1. The number of pyridine rings is 1. The van der Waals surface area contributed by atoms with Crippen molar-refractivity contribution in [2.24, 2.45) is 5.73 Å². The number of hydrogen-bond acceptors (Lipinski definition) is 3. The van der Waals surface area contributed by atoms with Gasteiger partial charge in [-0.3, -0.25) is 4.98 Å². The summed E-state index contributed by atoms with van der Waals surface area (Å²) in [7, 11) is 0. The molecule has 0 radical (unpaired) electrons. The van der Waals surface area contributed by atoms with Crippen LogP contribution >= 0.6 is 11.8 Å². The maximum Gasteiger partial charge on any atom is 0.0569 e. The van der Waals surface area contributed by atoms with Gasteiger partial charge in [-0.2, -0.15) is 0 Å². The van der Waals surface area contributed by atoms with E-state index < -0.39 is 0 Å². The van der Waals surface area contributed by atoms with Crippen LogP contribution in [0.1, 0.15) is 29.8 Å². The van der Waals surface area contributed by atoms with Crippen molar-refractivity contribution in [2.45, 2.75) is 36.6 Å². The molecule has 1 aromatic carbocycles. The first-order valence-corrected chi connectivity index (χ1v) is 6.84. The van der Waals surface area contributed by atoms with Gasteiger partial charge in [0.1, 0.15) is 0 Å². The van der Waals surface area contributed by atoms with Gasteiger partial charge in [-0.25, -0.2) is 0 Å². The average molecular weight is 258 g/mol. The summed E-state index contributed by atoms with van der Waals surface area (Å²) in [4.78, 5) is 6.75. The molecule has 0 spiro atoms. The van der Waals surface area contributed by atoms with E-state index in [1.807, 2.05) is 19.2 Å². The smallest absolute Gasteiger partial charge is 0.0569 e. The van der Waals surface area contributed by atoms with Crippen LogP contribution in [-0.2, 0) is 0 Å². The Morgan fingerprint density at radius 2 is 1.78 bits per heavy atom. The van der Waals surface area contributed by atoms with Crippen molar-refractivity contribution in [2.75, 3.05) is 0 Å². The lowest BCUT2D eigenvalue weighted by Crippen LogP contribution is -2.06. The van der Waals surface area contributed by atoms with Crippen LogP contribution in [0.25, 0.3) is 0 Å². The number of aryl methyl sites for hydroxylation is 2. The summed E-state index contributed by atoms with van der Waals surface area (Å²) in [6.07, 6.45) is 1.89. The molecule has 0 saturated heterocycles. The van der Waals surface area contributed by atoms with Crippen molar-refractivity contribution in [1.82, 2.24) is 4.98 Å². The highest BCUT2D eigenvalue weighted by molar-refractivity contribution is 7.99. The predicted octanol–water partition coefficient (Wildman–Crippen LogP) is 3.87. The highest BCUT2D eigenvalue weighted by Gasteiger charge is 2.03. The van der Waals surface area contributed by atoms with Gasteiger partial charge in [-0.1, -0.05) is 17.8 Å². The van der Waals surface area contributed by atoms with Crippen molar-refractivity contribution < 1.29 is 0 Å². The minimum absolute atomic E-state index is 0.00864. The predicted molar refractivity (Wildman–Crippen MR) is 76.9 cm³/mol. The molecule has 2 N–H and O–H groups in total. The van der Waals surface area contributed by atoms with Gasteiger partial charge in [0.15, 0.2) is 0 Å². The van der Waals surface area contributed by atoms with Crippen molar-refractivity contribution >= 4 is 11.8 Å². The lowest BCUT2D eigenvalue weighted by Gasteiger charge is -2.07. The van der Waals surface area contributed by atoms with Crippen LogP contribution in [-0.4, -0.2) is 4.98 Å². The quantitative estimate of drug-likeness (QED) is 0.908. The Balaban J connectivity index is 2.15. The lowest BCUT2D eigenvalue weighted by atomic mass is 10.1. The zero-order valence-corrected chi connectivity index (χ0v) is 11.8. The Morgan fingerprint density at radius 1 is 1.06 bits per heavy atom. The second-order valence-corrected chi connectivity index (χ2v) is 5.70.